The molecule has 5 nitrogen and oxygen atoms in total. The first kappa shape index (κ1) is 14.8. The highest BCUT2D eigenvalue weighted by molar-refractivity contribution is 5.83. The number of hydrogen-bond donors (Lipinski definition) is 2. The van der Waals surface area contributed by atoms with Crippen molar-refractivity contribution in [2.45, 2.75) is 31.9 Å². The van der Waals surface area contributed by atoms with Crippen LogP contribution in [0.4, 0.5) is 0 Å². The van der Waals surface area contributed by atoms with E-state index in [9.17, 15) is 9.90 Å². The van der Waals surface area contributed by atoms with Gasteiger partial charge in [0.15, 0.2) is 5.60 Å². The van der Waals surface area contributed by atoms with Crippen molar-refractivity contribution < 1.29 is 14.6 Å². The van der Waals surface area contributed by atoms with Gasteiger partial charge in [0.05, 0.1) is 6.61 Å². The minimum atomic E-state index is -1.39. The molecule has 1 unspecified atom stereocenters. The predicted octanol–water partition coefficient (Wildman–Crippen LogP) is 0.897. The molecule has 2 rings (SSSR count). The van der Waals surface area contributed by atoms with E-state index in [1.807, 2.05) is 31.2 Å². The second-order valence-corrected chi connectivity index (χ2v) is 5.29. The van der Waals surface area contributed by atoms with Crippen LogP contribution in [0.3, 0.4) is 0 Å². The quantitative estimate of drug-likeness (QED) is 0.839. The Morgan fingerprint density at radius 2 is 2.35 bits per heavy atom. The number of nitrogens with zero attached hydrogens (tertiary/aromatic N) is 1. The molecule has 5 heteroatoms. The molecular formula is C15H22N2O3. The lowest BCUT2D eigenvalue weighted by Gasteiger charge is -2.37. The second-order valence-electron chi connectivity index (χ2n) is 5.29. The molecule has 0 spiro atoms. The normalized spacial score (nSPS) is 23.5. The number of rotatable bonds is 5. The Bertz CT molecular complexity index is 478. The summed E-state index contributed by atoms with van der Waals surface area (Å²) < 4.78 is 5.47. The Hall–Kier alpha value is -1.59. The fourth-order valence-electron chi connectivity index (χ4n) is 2.62. The number of primary amides is 1. The van der Waals surface area contributed by atoms with E-state index in [1.54, 1.807) is 0 Å². The average molecular weight is 278 g/mol. The molecule has 1 saturated heterocycles. The van der Waals surface area contributed by atoms with Crippen LogP contribution in [0.5, 0.6) is 5.75 Å². The van der Waals surface area contributed by atoms with Crippen LogP contribution in [0.2, 0.25) is 0 Å². The van der Waals surface area contributed by atoms with E-state index in [-0.39, 0.29) is 0 Å². The van der Waals surface area contributed by atoms with Crippen molar-refractivity contribution in [2.24, 2.45) is 5.73 Å². The molecule has 1 aliphatic heterocycles. The third kappa shape index (κ3) is 3.49. The molecule has 0 aliphatic carbocycles. The lowest BCUT2D eigenvalue weighted by Crippen LogP contribution is -2.55. The van der Waals surface area contributed by atoms with Gasteiger partial charge in [-0.05, 0) is 44.0 Å². The molecule has 1 aliphatic rings. The summed E-state index contributed by atoms with van der Waals surface area (Å²) in [4.78, 5) is 13.4. The third-order valence-corrected chi connectivity index (χ3v) is 3.62. The first-order chi connectivity index (χ1) is 9.53. The van der Waals surface area contributed by atoms with Gasteiger partial charge in [-0.1, -0.05) is 12.1 Å². The minimum absolute atomic E-state index is 0.293. The summed E-state index contributed by atoms with van der Waals surface area (Å²) in [5.74, 6) is 0.206. The van der Waals surface area contributed by atoms with Crippen LogP contribution in [0.1, 0.15) is 25.3 Å². The molecule has 0 radical (unpaired) electrons. The molecule has 1 fully saturated rings. The fourth-order valence-corrected chi connectivity index (χ4v) is 2.62. The van der Waals surface area contributed by atoms with Gasteiger partial charge in [0.25, 0.3) is 5.91 Å². The van der Waals surface area contributed by atoms with E-state index >= 15 is 0 Å². The van der Waals surface area contributed by atoms with E-state index in [0.717, 1.165) is 24.3 Å². The molecule has 110 valence electrons. The number of ether oxygens (including phenoxy) is 1. The van der Waals surface area contributed by atoms with E-state index in [2.05, 4.69) is 4.90 Å². The Labute approximate surface area is 119 Å². The molecule has 20 heavy (non-hydrogen) atoms. The molecular weight excluding hydrogens is 256 g/mol. The van der Waals surface area contributed by atoms with Gasteiger partial charge in [-0.2, -0.15) is 0 Å². The summed E-state index contributed by atoms with van der Waals surface area (Å²) in [6.45, 7) is 4.41. The first-order valence-corrected chi connectivity index (χ1v) is 7.00. The minimum Gasteiger partial charge on any atom is -0.494 e. The summed E-state index contributed by atoms with van der Waals surface area (Å²) in [6.07, 6.45) is 1.21. The maximum atomic E-state index is 11.3. The van der Waals surface area contributed by atoms with Crippen molar-refractivity contribution >= 4 is 5.91 Å². The summed E-state index contributed by atoms with van der Waals surface area (Å²) in [7, 11) is 0. The molecule has 1 heterocycles. The maximum absolute atomic E-state index is 11.3. The molecule has 1 aromatic rings. The van der Waals surface area contributed by atoms with Crippen LogP contribution >= 0.6 is 0 Å². The summed E-state index contributed by atoms with van der Waals surface area (Å²) in [6, 6.07) is 7.87. The summed E-state index contributed by atoms with van der Waals surface area (Å²) >= 11 is 0. The van der Waals surface area contributed by atoms with E-state index in [4.69, 9.17) is 10.5 Å². The molecule has 1 amide bonds. The molecule has 3 N–H and O–H groups in total. The molecule has 0 bridgehead atoms. The van der Waals surface area contributed by atoms with Crippen molar-refractivity contribution in [1.29, 1.82) is 0 Å². The Morgan fingerprint density at radius 1 is 1.55 bits per heavy atom. The van der Waals surface area contributed by atoms with Gasteiger partial charge >= 0.3 is 0 Å². The van der Waals surface area contributed by atoms with Gasteiger partial charge in [0.1, 0.15) is 5.75 Å². The number of aliphatic hydroxyl groups is 1. The Balaban J connectivity index is 2.02. The van der Waals surface area contributed by atoms with Crippen molar-refractivity contribution in [3.8, 4) is 5.75 Å². The molecule has 0 saturated carbocycles. The van der Waals surface area contributed by atoms with Crippen molar-refractivity contribution in [2.75, 3.05) is 19.7 Å². The standard InChI is InChI=1S/C15H22N2O3/c1-2-20-13-6-3-5-12(9-13)10-17-8-4-7-15(19,11-17)14(16)18/h3,5-6,9,19H,2,4,7-8,10-11H2,1H3,(H2,16,18). The monoisotopic (exact) mass is 278 g/mol. The molecule has 0 aromatic heterocycles. The smallest absolute Gasteiger partial charge is 0.250 e. The fraction of sp³-hybridized carbons (Fsp3) is 0.533. The number of carbonyl (C=O) groups excluding carboxylic acids is 1. The largest absolute Gasteiger partial charge is 0.494 e. The van der Waals surface area contributed by atoms with Crippen LogP contribution in [0.25, 0.3) is 0 Å². The lowest BCUT2D eigenvalue weighted by atomic mass is 9.92. The van der Waals surface area contributed by atoms with Gasteiger partial charge in [0, 0.05) is 13.1 Å². The van der Waals surface area contributed by atoms with Gasteiger partial charge in [-0.15, -0.1) is 0 Å². The van der Waals surface area contributed by atoms with Crippen molar-refractivity contribution in [3.05, 3.63) is 29.8 Å². The number of benzene rings is 1. The molecule has 1 atom stereocenters. The van der Waals surface area contributed by atoms with E-state index in [1.165, 1.54) is 0 Å². The van der Waals surface area contributed by atoms with Crippen LogP contribution < -0.4 is 10.5 Å². The number of β-amino-alcohol motifs (C(OH)–C–C–N with tert-alkyl or cyclic N) is 1. The SMILES string of the molecule is CCOc1cccc(CN2CCCC(O)(C(N)=O)C2)c1. The summed E-state index contributed by atoms with van der Waals surface area (Å²) in [5, 5.41) is 10.2. The second kappa shape index (κ2) is 6.24. The van der Waals surface area contributed by atoms with E-state index < -0.39 is 11.5 Å². The zero-order chi connectivity index (χ0) is 14.6. The number of hydrogen-bond acceptors (Lipinski definition) is 4. The highest BCUT2D eigenvalue weighted by Gasteiger charge is 2.38. The number of amides is 1. The number of carbonyl (C=O) groups is 1. The number of likely N-dealkylation sites (tertiary alicyclic amines) is 1. The van der Waals surface area contributed by atoms with Gasteiger partial charge in [-0.3, -0.25) is 9.69 Å². The third-order valence-electron chi connectivity index (χ3n) is 3.62. The van der Waals surface area contributed by atoms with Crippen LogP contribution in [0.15, 0.2) is 24.3 Å². The zero-order valence-electron chi connectivity index (χ0n) is 11.8. The average Bonchev–Trinajstić information content (AvgIpc) is 2.39. The van der Waals surface area contributed by atoms with Gasteiger partial charge in [-0.25, -0.2) is 0 Å². The Kier molecular flexibility index (Phi) is 4.62. The Morgan fingerprint density at radius 3 is 3.05 bits per heavy atom. The topological polar surface area (TPSA) is 75.8 Å². The van der Waals surface area contributed by atoms with Gasteiger partial charge in [0.2, 0.25) is 0 Å². The highest BCUT2D eigenvalue weighted by Crippen LogP contribution is 2.23. The lowest BCUT2D eigenvalue weighted by molar-refractivity contribution is -0.142. The predicted molar refractivity (Wildman–Crippen MR) is 76.3 cm³/mol. The van der Waals surface area contributed by atoms with Crippen LogP contribution in [-0.4, -0.2) is 41.2 Å². The molecule has 1 aromatic carbocycles. The maximum Gasteiger partial charge on any atom is 0.250 e. The van der Waals surface area contributed by atoms with Crippen molar-refractivity contribution in [3.63, 3.8) is 0 Å². The van der Waals surface area contributed by atoms with Crippen LogP contribution in [-0.2, 0) is 11.3 Å². The van der Waals surface area contributed by atoms with Gasteiger partial charge < -0.3 is 15.6 Å². The van der Waals surface area contributed by atoms with E-state index in [0.29, 0.717) is 26.1 Å². The van der Waals surface area contributed by atoms with Crippen LogP contribution in [0, 0.1) is 0 Å². The highest BCUT2D eigenvalue weighted by atomic mass is 16.5. The summed E-state index contributed by atoms with van der Waals surface area (Å²) in [5.41, 5.74) is 4.99. The first-order valence-electron chi connectivity index (χ1n) is 7.00. The zero-order valence-corrected chi connectivity index (χ0v) is 11.8. The number of piperidine rings is 1. The van der Waals surface area contributed by atoms with Crippen molar-refractivity contribution in [1.82, 2.24) is 4.90 Å². The number of nitrogens with two attached hydrogens (primary N) is 1.